The minimum Gasteiger partial charge on any atom is -0.329 e. The number of H-pyrrole nitrogens is 1. The van der Waals surface area contributed by atoms with Crippen molar-refractivity contribution >= 4 is 5.91 Å². The number of hydrogen-bond acceptors (Lipinski definition) is 6. The third kappa shape index (κ3) is 3.90. The first-order valence-corrected chi connectivity index (χ1v) is 10.2. The maximum absolute atomic E-state index is 13.4. The Balaban J connectivity index is 1.81. The van der Waals surface area contributed by atoms with Gasteiger partial charge in [-0.3, -0.25) is 19.1 Å². The summed E-state index contributed by atoms with van der Waals surface area (Å²) in [7, 11) is 1.37. The summed E-state index contributed by atoms with van der Waals surface area (Å²) in [4.78, 5) is 55.0. The van der Waals surface area contributed by atoms with Crippen LogP contribution >= 0.6 is 0 Å². The van der Waals surface area contributed by atoms with Crippen LogP contribution in [0.1, 0.15) is 52.9 Å². The molecular formula is C22H24N6O3. The fraction of sp³-hybridized carbons (Fsp3) is 0.364. The van der Waals surface area contributed by atoms with Gasteiger partial charge in [-0.2, -0.15) is 0 Å². The van der Waals surface area contributed by atoms with Crippen LogP contribution in [0, 0.1) is 13.8 Å². The van der Waals surface area contributed by atoms with Crippen molar-refractivity contribution in [3.05, 3.63) is 74.3 Å². The van der Waals surface area contributed by atoms with Crippen molar-refractivity contribution in [3.63, 3.8) is 0 Å². The van der Waals surface area contributed by atoms with Crippen molar-refractivity contribution in [2.45, 2.75) is 39.2 Å². The first kappa shape index (κ1) is 20.6. The maximum atomic E-state index is 13.4. The molecule has 3 aromatic rings. The van der Waals surface area contributed by atoms with Gasteiger partial charge in [-0.25, -0.2) is 14.8 Å². The second-order valence-corrected chi connectivity index (χ2v) is 7.80. The third-order valence-electron chi connectivity index (χ3n) is 5.70. The van der Waals surface area contributed by atoms with Crippen LogP contribution in [0.3, 0.4) is 0 Å². The average molecular weight is 420 g/mol. The lowest BCUT2D eigenvalue weighted by molar-refractivity contribution is 0.0599. The van der Waals surface area contributed by atoms with Crippen LogP contribution in [0.2, 0.25) is 0 Å². The highest BCUT2D eigenvalue weighted by atomic mass is 16.2. The van der Waals surface area contributed by atoms with Crippen molar-refractivity contribution in [1.29, 1.82) is 0 Å². The number of piperidine rings is 1. The molecule has 0 bridgehead atoms. The number of aromatic amines is 1. The van der Waals surface area contributed by atoms with E-state index in [2.05, 4.69) is 15.0 Å². The number of amides is 1. The number of carbonyl (C=O) groups is 1. The summed E-state index contributed by atoms with van der Waals surface area (Å²) in [6.45, 7) is 4.30. The van der Waals surface area contributed by atoms with Crippen molar-refractivity contribution < 1.29 is 4.79 Å². The average Bonchev–Trinajstić information content (AvgIpc) is 2.77. The van der Waals surface area contributed by atoms with Crippen molar-refractivity contribution in [3.8, 4) is 11.1 Å². The maximum Gasteiger partial charge on any atom is 0.328 e. The lowest BCUT2D eigenvalue weighted by Gasteiger charge is -2.36. The van der Waals surface area contributed by atoms with Gasteiger partial charge in [-0.05, 0) is 50.3 Å². The number of nitrogens with zero attached hydrogens (tertiary/aromatic N) is 5. The van der Waals surface area contributed by atoms with Crippen LogP contribution in [-0.2, 0) is 7.05 Å². The smallest absolute Gasteiger partial charge is 0.328 e. The molecule has 1 aliphatic rings. The highest BCUT2D eigenvalue weighted by Crippen LogP contribution is 2.36. The second-order valence-electron chi connectivity index (χ2n) is 7.80. The van der Waals surface area contributed by atoms with Crippen LogP contribution in [0.25, 0.3) is 11.1 Å². The molecule has 4 heterocycles. The molecule has 9 heteroatoms. The summed E-state index contributed by atoms with van der Waals surface area (Å²) >= 11 is 0. The lowest BCUT2D eigenvalue weighted by atomic mass is 9.92. The molecule has 4 rings (SSSR count). The standard InChI is InChI=1S/C22H24N6O3/c1-13-11-23-8-7-15(13)16-12-24-14(2)25-20(16)18-6-4-5-9-28(18)21(30)17-10-19(29)27(3)22(31)26-17/h7-8,10-12,18H,4-6,9H2,1-3H3,(H,26,31)/t18-/m0/s1. The van der Waals surface area contributed by atoms with E-state index >= 15 is 0 Å². The lowest BCUT2D eigenvalue weighted by Crippen LogP contribution is -2.42. The molecule has 3 aromatic heterocycles. The quantitative estimate of drug-likeness (QED) is 0.692. The summed E-state index contributed by atoms with van der Waals surface area (Å²) in [6.07, 6.45) is 7.81. The molecule has 0 aliphatic carbocycles. The van der Waals surface area contributed by atoms with E-state index in [1.165, 1.54) is 13.1 Å². The Morgan fingerprint density at radius 2 is 1.97 bits per heavy atom. The Kier molecular flexibility index (Phi) is 5.50. The fourth-order valence-corrected chi connectivity index (χ4v) is 4.01. The Labute approximate surface area is 178 Å². The van der Waals surface area contributed by atoms with Crippen LogP contribution < -0.4 is 11.2 Å². The molecule has 1 aliphatic heterocycles. The zero-order chi connectivity index (χ0) is 22.1. The van der Waals surface area contributed by atoms with E-state index in [1.54, 1.807) is 23.5 Å². The van der Waals surface area contributed by atoms with Crippen LogP contribution in [-0.4, -0.2) is 41.9 Å². The van der Waals surface area contributed by atoms with Gasteiger partial charge in [0.05, 0.1) is 11.7 Å². The largest absolute Gasteiger partial charge is 0.329 e. The molecule has 0 saturated carbocycles. The Hall–Kier alpha value is -3.62. The molecule has 1 fully saturated rings. The number of aromatic nitrogens is 5. The summed E-state index contributed by atoms with van der Waals surface area (Å²) in [5.74, 6) is 0.235. The molecule has 1 atom stereocenters. The summed E-state index contributed by atoms with van der Waals surface area (Å²) in [5, 5.41) is 0. The number of hydrogen-bond donors (Lipinski definition) is 1. The second kappa shape index (κ2) is 8.25. The summed E-state index contributed by atoms with van der Waals surface area (Å²) < 4.78 is 0.933. The van der Waals surface area contributed by atoms with Crippen molar-refractivity contribution in [1.82, 2.24) is 29.4 Å². The zero-order valence-electron chi connectivity index (χ0n) is 17.8. The van der Waals surface area contributed by atoms with Crippen LogP contribution in [0.5, 0.6) is 0 Å². The van der Waals surface area contributed by atoms with Crippen molar-refractivity contribution in [2.24, 2.45) is 7.05 Å². The van der Waals surface area contributed by atoms with Gasteiger partial charge in [0, 0.05) is 43.8 Å². The topological polar surface area (TPSA) is 114 Å². The van der Waals surface area contributed by atoms with Crippen LogP contribution in [0.4, 0.5) is 0 Å². The van der Waals surface area contributed by atoms with Gasteiger partial charge in [0.25, 0.3) is 11.5 Å². The molecular weight excluding hydrogens is 396 g/mol. The molecule has 1 amide bonds. The van der Waals surface area contributed by atoms with E-state index in [0.29, 0.717) is 12.4 Å². The van der Waals surface area contributed by atoms with E-state index < -0.39 is 11.2 Å². The number of likely N-dealkylation sites (tertiary alicyclic amines) is 1. The van der Waals surface area contributed by atoms with Gasteiger partial charge in [-0.15, -0.1) is 0 Å². The van der Waals surface area contributed by atoms with Crippen LogP contribution in [0.15, 0.2) is 40.3 Å². The Morgan fingerprint density at radius 1 is 1.16 bits per heavy atom. The number of nitrogens with one attached hydrogen (secondary N) is 1. The molecule has 1 N–H and O–H groups in total. The molecule has 0 spiro atoms. The number of carbonyl (C=O) groups excluding carboxylic acids is 1. The highest BCUT2D eigenvalue weighted by molar-refractivity contribution is 5.92. The summed E-state index contributed by atoms with van der Waals surface area (Å²) in [5.41, 5.74) is 2.42. The minimum atomic E-state index is -0.615. The number of aryl methyl sites for hydroxylation is 2. The molecule has 160 valence electrons. The molecule has 9 nitrogen and oxygen atoms in total. The molecule has 0 aromatic carbocycles. The Bertz CT molecular complexity index is 1230. The molecule has 31 heavy (non-hydrogen) atoms. The van der Waals surface area contributed by atoms with E-state index in [4.69, 9.17) is 4.98 Å². The van der Waals surface area contributed by atoms with Crippen molar-refractivity contribution in [2.75, 3.05) is 6.54 Å². The van der Waals surface area contributed by atoms with Gasteiger partial charge in [0.15, 0.2) is 0 Å². The number of pyridine rings is 1. The monoisotopic (exact) mass is 420 g/mol. The zero-order valence-corrected chi connectivity index (χ0v) is 17.8. The normalized spacial score (nSPS) is 16.4. The van der Waals surface area contributed by atoms with Gasteiger partial charge in [-0.1, -0.05) is 0 Å². The predicted molar refractivity (Wildman–Crippen MR) is 115 cm³/mol. The molecule has 1 saturated heterocycles. The highest BCUT2D eigenvalue weighted by Gasteiger charge is 2.32. The Morgan fingerprint density at radius 3 is 2.71 bits per heavy atom. The first-order valence-electron chi connectivity index (χ1n) is 10.2. The SMILES string of the molecule is Cc1ncc(-c2ccncc2C)c([C@@H]2CCCCN2C(=O)c2cc(=O)n(C)c(=O)[nH]2)n1. The third-order valence-corrected chi connectivity index (χ3v) is 5.70. The predicted octanol–water partition coefficient (Wildman–Crippen LogP) is 1.91. The van der Waals surface area contributed by atoms with E-state index in [0.717, 1.165) is 46.2 Å². The molecule has 0 unspecified atom stereocenters. The van der Waals surface area contributed by atoms with Gasteiger partial charge < -0.3 is 9.88 Å². The fourth-order valence-electron chi connectivity index (χ4n) is 4.01. The van der Waals surface area contributed by atoms with Gasteiger partial charge in [0.1, 0.15) is 11.5 Å². The van der Waals surface area contributed by atoms with Gasteiger partial charge in [0.2, 0.25) is 0 Å². The van der Waals surface area contributed by atoms with E-state index in [-0.39, 0.29) is 17.6 Å². The first-order chi connectivity index (χ1) is 14.9. The van der Waals surface area contributed by atoms with E-state index in [9.17, 15) is 14.4 Å². The molecule has 0 radical (unpaired) electrons. The minimum absolute atomic E-state index is 0.00702. The van der Waals surface area contributed by atoms with E-state index in [1.807, 2.05) is 19.9 Å². The number of rotatable bonds is 3. The summed E-state index contributed by atoms with van der Waals surface area (Å²) in [6, 6.07) is 2.80. The van der Waals surface area contributed by atoms with Gasteiger partial charge >= 0.3 is 5.69 Å².